The second kappa shape index (κ2) is 8.05. The minimum absolute atomic E-state index is 0.167. The zero-order valence-corrected chi connectivity index (χ0v) is 15.2. The van der Waals surface area contributed by atoms with E-state index in [4.69, 9.17) is 0 Å². The van der Waals surface area contributed by atoms with E-state index < -0.39 is 0 Å². The molecule has 2 aromatic rings. The lowest BCUT2D eigenvalue weighted by atomic mass is 10.0. The molecule has 1 aromatic carbocycles. The summed E-state index contributed by atoms with van der Waals surface area (Å²) in [4.78, 5) is 10.5. The molecule has 0 amide bonds. The van der Waals surface area contributed by atoms with Crippen LogP contribution in [0.15, 0.2) is 30.5 Å². The molecule has 1 N–H and O–H groups in total. The number of anilines is 1. The summed E-state index contributed by atoms with van der Waals surface area (Å²) in [5.74, 6) is -0.167. The highest BCUT2D eigenvalue weighted by atomic mass is 32.1. The fourth-order valence-electron chi connectivity index (χ4n) is 3.19. The third-order valence-electron chi connectivity index (χ3n) is 4.52. The molecule has 1 saturated heterocycles. The number of halogens is 1. The molecule has 0 radical (unpaired) electrons. The van der Waals surface area contributed by atoms with Gasteiger partial charge < -0.3 is 10.2 Å². The lowest BCUT2D eigenvalue weighted by Crippen LogP contribution is -2.45. The fourth-order valence-corrected chi connectivity index (χ4v) is 4.25. The van der Waals surface area contributed by atoms with Crippen molar-refractivity contribution < 1.29 is 4.39 Å². The first-order valence-corrected chi connectivity index (χ1v) is 9.42. The zero-order valence-electron chi connectivity index (χ0n) is 14.3. The van der Waals surface area contributed by atoms with Gasteiger partial charge in [-0.25, -0.2) is 9.37 Å². The van der Waals surface area contributed by atoms with Gasteiger partial charge in [-0.05, 0) is 31.5 Å². The molecule has 0 spiro atoms. The number of aromatic nitrogens is 1. The first-order valence-electron chi connectivity index (χ1n) is 8.61. The summed E-state index contributed by atoms with van der Waals surface area (Å²) in [6, 6.07) is 7.17. The highest BCUT2D eigenvalue weighted by Crippen LogP contribution is 2.28. The quantitative estimate of drug-likeness (QED) is 0.868. The Morgan fingerprint density at radius 3 is 2.96 bits per heavy atom. The van der Waals surface area contributed by atoms with E-state index in [1.165, 1.54) is 10.9 Å². The van der Waals surface area contributed by atoms with Gasteiger partial charge in [-0.15, -0.1) is 11.3 Å². The second-order valence-corrected chi connectivity index (χ2v) is 7.12. The number of benzene rings is 1. The van der Waals surface area contributed by atoms with Crippen molar-refractivity contribution in [2.75, 3.05) is 37.6 Å². The molecule has 0 aliphatic carbocycles. The van der Waals surface area contributed by atoms with Gasteiger partial charge in [-0.3, -0.25) is 4.90 Å². The molecule has 0 bridgehead atoms. The van der Waals surface area contributed by atoms with E-state index in [2.05, 4.69) is 33.9 Å². The van der Waals surface area contributed by atoms with Crippen molar-refractivity contribution in [1.29, 1.82) is 0 Å². The molecule has 0 saturated carbocycles. The Bertz CT molecular complexity index is 656. The van der Waals surface area contributed by atoms with E-state index in [1.54, 1.807) is 23.5 Å². The molecule has 4 nitrogen and oxygen atoms in total. The van der Waals surface area contributed by atoms with E-state index >= 15 is 0 Å². The van der Waals surface area contributed by atoms with Crippen molar-refractivity contribution >= 4 is 16.5 Å². The van der Waals surface area contributed by atoms with Crippen LogP contribution < -0.4 is 10.2 Å². The van der Waals surface area contributed by atoms with E-state index in [9.17, 15) is 4.39 Å². The van der Waals surface area contributed by atoms with Crippen LogP contribution in [0.25, 0.3) is 0 Å². The maximum absolute atomic E-state index is 13.6. The molecule has 3 rings (SSSR count). The van der Waals surface area contributed by atoms with Gasteiger partial charge in [0.2, 0.25) is 0 Å². The number of hydrogen-bond acceptors (Lipinski definition) is 5. The normalized spacial score (nSPS) is 18.7. The molecule has 24 heavy (non-hydrogen) atoms. The summed E-state index contributed by atoms with van der Waals surface area (Å²) in [5.41, 5.74) is 1.04. The molecule has 1 aliphatic rings. The van der Waals surface area contributed by atoms with Crippen molar-refractivity contribution in [3.05, 3.63) is 46.7 Å². The van der Waals surface area contributed by atoms with Gasteiger partial charge in [-0.2, -0.15) is 0 Å². The number of piperazine rings is 1. The van der Waals surface area contributed by atoms with Crippen LogP contribution in [0.2, 0.25) is 0 Å². The van der Waals surface area contributed by atoms with E-state index in [1.807, 2.05) is 12.3 Å². The van der Waals surface area contributed by atoms with Crippen molar-refractivity contribution in [2.24, 2.45) is 0 Å². The fraction of sp³-hybridized carbons (Fsp3) is 0.500. The Morgan fingerprint density at radius 1 is 1.38 bits per heavy atom. The van der Waals surface area contributed by atoms with E-state index in [0.717, 1.165) is 50.0 Å². The summed E-state index contributed by atoms with van der Waals surface area (Å²) in [7, 11) is 0. The summed E-state index contributed by atoms with van der Waals surface area (Å²) in [6.45, 7) is 9.90. The minimum atomic E-state index is -0.167. The average molecular weight is 348 g/mol. The van der Waals surface area contributed by atoms with E-state index in [-0.39, 0.29) is 11.9 Å². The predicted octanol–water partition coefficient (Wildman–Crippen LogP) is 3.27. The van der Waals surface area contributed by atoms with Gasteiger partial charge in [-0.1, -0.05) is 12.1 Å². The smallest absolute Gasteiger partial charge is 0.185 e. The first-order chi connectivity index (χ1) is 11.7. The summed E-state index contributed by atoms with van der Waals surface area (Å²) in [5, 5.41) is 4.52. The van der Waals surface area contributed by atoms with Gasteiger partial charge in [0.1, 0.15) is 5.82 Å². The minimum Gasteiger partial charge on any atom is -0.349 e. The number of thiazole rings is 1. The third kappa shape index (κ3) is 3.94. The monoisotopic (exact) mass is 348 g/mol. The first kappa shape index (κ1) is 17.3. The van der Waals surface area contributed by atoms with Crippen LogP contribution >= 0.6 is 11.3 Å². The van der Waals surface area contributed by atoms with Crippen molar-refractivity contribution in [3.8, 4) is 0 Å². The maximum atomic E-state index is 13.6. The maximum Gasteiger partial charge on any atom is 0.185 e. The SMILES string of the molecule is CCN(CC)c1ncc(CN2CCNCC2c2cccc(F)c2)s1. The highest BCUT2D eigenvalue weighted by Gasteiger charge is 2.25. The Hall–Kier alpha value is -1.50. The van der Waals surface area contributed by atoms with Crippen molar-refractivity contribution in [1.82, 2.24) is 15.2 Å². The van der Waals surface area contributed by atoms with Crippen LogP contribution in [-0.2, 0) is 6.54 Å². The molecule has 1 aromatic heterocycles. The highest BCUT2D eigenvalue weighted by molar-refractivity contribution is 7.15. The third-order valence-corrected chi connectivity index (χ3v) is 5.56. The van der Waals surface area contributed by atoms with Crippen LogP contribution in [0.1, 0.15) is 30.3 Å². The summed E-state index contributed by atoms with van der Waals surface area (Å²) < 4.78 is 13.6. The largest absolute Gasteiger partial charge is 0.349 e. The molecular weight excluding hydrogens is 323 g/mol. The molecule has 1 aliphatic heterocycles. The molecule has 1 unspecified atom stereocenters. The Kier molecular flexibility index (Phi) is 5.81. The average Bonchev–Trinajstić information content (AvgIpc) is 3.05. The van der Waals surface area contributed by atoms with Crippen LogP contribution in [0.5, 0.6) is 0 Å². The predicted molar refractivity (Wildman–Crippen MR) is 98.1 cm³/mol. The lowest BCUT2D eigenvalue weighted by Gasteiger charge is -2.36. The molecule has 1 fully saturated rings. The Labute approximate surface area is 147 Å². The number of nitrogens with one attached hydrogen (secondary N) is 1. The van der Waals surface area contributed by atoms with Crippen LogP contribution in [0, 0.1) is 5.82 Å². The molecule has 1 atom stereocenters. The number of nitrogens with zero attached hydrogens (tertiary/aromatic N) is 3. The zero-order chi connectivity index (χ0) is 16.9. The molecule has 2 heterocycles. The van der Waals surface area contributed by atoms with Crippen LogP contribution in [0.3, 0.4) is 0 Å². The van der Waals surface area contributed by atoms with Crippen molar-refractivity contribution in [2.45, 2.75) is 26.4 Å². The molecular formula is C18H25FN4S. The molecule has 130 valence electrons. The number of hydrogen-bond donors (Lipinski definition) is 1. The van der Waals surface area contributed by atoms with Crippen molar-refractivity contribution in [3.63, 3.8) is 0 Å². The second-order valence-electron chi connectivity index (χ2n) is 6.03. The lowest BCUT2D eigenvalue weighted by molar-refractivity contribution is 0.155. The summed E-state index contributed by atoms with van der Waals surface area (Å²) >= 11 is 1.76. The standard InChI is InChI=1S/C18H25FN4S/c1-3-22(4-2)18-21-11-16(24-18)13-23-9-8-20-12-17(23)14-6-5-7-15(19)10-14/h5-7,10-11,17,20H,3-4,8-9,12-13H2,1-2H3. The van der Waals surface area contributed by atoms with Gasteiger partial charge >= 0.3 is 0 Å². The summed E-state index contributed by atoms with van der Waals surface area (Å²) in [6.07, 6.45) is 1.99. The topological polar surface area (TPSA) is 31.4 Å². The van der Waals surface area contributed by atoms with Gasteiger partial charge in [0.05, 0.1) is 0 Å². The van der Waals surface area contributed by atoms with Crippen LogP contribution in [0.4, 0.5) is 9.52 Å². The van der Waals surface area contributed by atoms with Gasteiger partial charge in [0.15, 0.2) is 5.13 Å². The van der Waals surface area contributed by atoms with Gasteiger partial charge in [0, 0.05) is 56.4 Å². The van der Waals surface area contributed by atoms with Gasteiger partial charge in [0.25, 0.3) is 0 Å². The van der Waals surface area contributed by atoms with Crippen LogP contribution in [-0.4, -0.2) is 42.6 Å². The molecule has 6 heteroatoms. The Balaban J connectivity index is 1.74. The Morgan fingerprint density at radius 2 is 2.21 bits per heavy atom. The van der Waals surface area contributed by atoms with E-state index in [0.29, 0.717) is 0 Å². The number of rotatable bonds is 6.